The van der Waals surface area contributed by atoms with Crippen LogP contribution in [0, 0.1) is 11.6 Å². The first-order valence-electron chi connectivity index (χ1n) is 6.64. The number of hydrogen-bond donors (Lipinski definition) is 1. The summed E-state index contributed by atoms with van der Waals surface area (Å²) in [4.78, 5) is 0.281. The van der Waals surface area contributed by atoms with E-state index in [0.717, 1.165) is 28.6 Å². The van der Waals surface area contributed by atoms with Gasteiger partial charge in [0.25, 0.3) is 0 Å². The second kappa shape index (κ2) is 7.38. The van der Waals surface area contributed by atoms with Crippen LogP contribution >= 0.6 is 27.7 Å². The van der Waals surface area contributed by atoms with E-state index in [0.29, 0.717) is 0 Å². The highest BCUT2D eigenvalue weighted by molar-refractivity contribution is 9.10. The van der Waals surface area contributed by atoms with Crippen LogP contribution in [0.5, 0.6) is 0 Å². The van der Waals surface area contributed by atoms with Crippen molar-refractivity contribution in [3.05, 3.63) is 64.1 Å². The Labute approximate surface area is 136 Å². The van der Waals surface area contributed by atoms with Gasteiger partial charge in [-0.25, -0.2) is 8.78 Å². The maximum absolute atomic E-state index is 13.9. The molecule has 2 aromatic rings. The molecule has 112 valence electrons. The normalized spacial score (nSPS) is 14.0. The Hall–Kier alpha value is -0.910. The fraction of sp³-hybridized carbons (Fsp3) is 0.250. The van der Waals surface area contributed by atoms with Crippen molar-refractivity contribution in [3.8, 4) is 0 Å². The van der Waals surface area contributed by atoms with E-state index < -0.39 is 11.6 Å². The number of rotatable bonds is 5. The minimum absolute atomic E-state index is 0.135. The van der Waals surface area contributed by atoms with E-state index in [1.807, 2.05) is 31.2 Å². The van der Waals surface area contributed by atoms with E-state index in [-0.39, 0.29) is 16.2 Å². The minimum Gasteiger partial charge on any atom is -0.326 e. The lowest BCUT2D eigenvalue weighted by molar-refractivity contribution is 0.574. The summed E-state index contributed by atoms with van der Waals surface area (Å²) in [6.45, 7) is 1.98. The average molecular weight is 372 g/mol. The highest BCUT2D eigenvalue weighted by Crippen LogP contribution is 2.40. The number of thioether (sulfide) groups is 1. The Bertz CT molecular complexity index is 621. The lowest BCUT2D eigenvalue weighted by atomic mass is 10.0. The Morgan fingerprint density at radius 2 is 1.95 bits per heavy atom. The standard InChI is InChI=1S/C16H16BrF2NS/c1-2-14(20)16(10-4-3-5-11(17)8-10)21-15-9-12(18)6-7-13(15)19/h3-9,14,16H,2,20H2,1H3. The summed E-state index contributed by atoms with van der Waals surface area (Å²) < 4.78 is 28.1. The molecule has 0 aliphatic carbocycles. The molecule has 0 bridgehead atoms. The van der Waals surface area contributed by atoms with Gasteiger partial charge in [0.15, 0.2) is 0 Å². The summed E-state index contributed by atoms with van der Waals surface area (Å²) in [5, 5.41) is -0.135. The van der Waals surface area contributed by atoms with Crippen molar-refractivity contribution in [2.75, 3.05) is 0 Å². The van der Waals surface area contributed by atoms with Crippen LogP contribution in [0.15, 0.2) is 51.8 Å². The molecule has 5 heteroatoms. The molecule has 0 aromatic heterocycles. The van der Waals surface area contributed by atoms with E-state index in [1.165, 1.54) is 17.8 Å². The molecular formula is C16H16BrF2NS. The maximum atomic E-state index is 13.9. The molecule has 1 nitrogen and oxygen atoms in total. The molecule has 0 aliphatic rings. The second-order valence-corrected chi connectivity index (χ2v) is 6.84. The van der Waals surface area contributed by atoms with Crippen molar-refractivity contribution in [2.24, 2.45) is 5.73 Å². The van der Waals surface area contributed by atoms with E-state index in [4.69, 9.17) is 5.73 Å². The molecule has 0 spiro atoms. The van der Waals surface area contributed by atoms with Crippen LogP contribution < -0.4 is 5.73 Å². The molecule has 0 radical (unpaired) electrons. The minimum atomic E-state index is -0.447. The van der Waals surface area contributed by atoms with Crippen LogP contribution in [0.1, 0.15) is 24.2 Å². The molecule has 0 fully saturated rings. The van der Waals surface area contributed by atoms with Crippen LogP contribution in [-0.2, 0) is 0 Å². The van der Waals surface area contributed by atoms with Crippen molar-refractivity contribution in [2.45, 2.75) is 29.5 Å². The van der Waals surface area contributed by atoms with Crippen LogP contribution in [0.3, 0.4) is 0 Å². The van der Waals surface area contributed by atoms with Crippen LogP contribution in [-0.4, -0.2) is 6.04 Å². The van der Waals surface area contributed by atoms with Crippen molar-refractivity contribution in [1.82, 2.24) is 0 Å². The fourth-order valence-electron chi connectivity index (χ4n) is 2.00. The summed E-state index contributed by atoms with van der Waals surface area (Å²) in [6, 6.07) is 11.1. The van der Waals surface area contributed by atoms with E-state index in [2.05, 4.69) is 15.9 Å². The molecule has 2 atom stereocenters. The summed E-state index contributed by atoms with van der Waals surface area (Å²) in [7, 11) is 0. The van der Waals surface area contributed by atoms with Gasteiger partial charge in [-0.2, -0.15) is 0 Å². The zero-order valence-corrected chi connectivity index (χ0v) is 13.9. The number of nitrogens with two attached hydrogens (primary N) is 1. The first kappa shape index (κ1) is 16.5. The molecule has 0 saturated heterocycles. The van der Waals surface area contributed by atoms with Crippen LogP contribution in [0.2, 0.25) is 0 Å². The molecular weight excluding hydrogens is 356 g/mol. The summed E-state index contributed by atoms with van der Waals surface area (Å²) in [6.07, 6.45) is 0.751. The van der Waals surface area contributed by atoms with Crippen molar-refractivity contribution >= 4 is 27.7 Å². The summed E-state index contributed by atoms with van der Waals surface area (Å²) in [5.41, 5.74) is 7.18. The third-order valence-corrected chi connectivity index (χ3v) is 5.12. The summed E-state index contributed by atoms with van der Waals surface area (Å²) in [5.74, 6) is -0.873. The topological polar surface area (TPSA) is 26.0 Å². The largest absolute Gasteiger partial charge is 0.326 e. The highest BCUT2D eigenvalue weighted by atomic mass is 79.9. The van der Waals surface area contributed by atoms with Gasteiger partial charge in [-0.05, 0) is 42.3 Å². The third kappa shape index (κ3) is 4.28. The lowest BCUT2D eigenvalue weighted by Crippen LogP contribution is -2.25. The van der Waals surface area contributed by atoms with Crippen molar-refractivity contribution in [3.63, 3.8) is 0 Å². The van der Waals surface area contributed by atoms with Crippen molar-refractivity contribution < 1.29 is 8.78 Å². The second-order valence-electron chi connectivity index (χ2n) is 4.74. The van der Waals surface area contributed by atoms with Gasteiger partial charge in [-0.1, -0.05) is 35.0 Å². The van der Waals surface area contributed by atoms with Crippen LogP contribution in [0.25, 0.3) is 0 Å². The van der Waals surface area contributed by atoms with Gasteiger partial charge in [-0.3, -0.25) is 0 Å². The molecule has 0 amide bonds. The smallest absolute Gasteiger partial charge is 0.136 e. The SMILES string of the molecule is CCC(N)C(Sc1cc(F)ccc1F)c1cccc(Br)c1. The van der Waals surface area contributed by atoms with Gasteiger partial charge in [0, 0.05) is 20.7 Å². The zero-order chi connectivity index (χ0) is 15.4. The van der Waals surface area contributed by atoms with Gasteiger partial charge in [0.05, 0.1) is 0 Å². The quantitative estimate of drug-likeness (QED) is 0.721. The first-order valence-corrected chi connectivity index (χ1v) is 8.31. The molecule has 2 rings (SSSR count). The Morgan fingerprint density at radius 3 is 2.62 bits per heavy atom. The predicted octanol–water partition coefficient (Wildman–Crippen LogP) is 5.30. The third-order valence-electron chi connectivity index (χ3n) is 3.18. The summed E-state index contributed by atoms with van der Waals surface area (Å²) >= 11 is 4.69. The van der Waals surface area contributed by atoms with Gasteiger partial charge in [-0.15, -0.1) is 11.8 Å². The Kier molecular flexibility index (Phi) is 5.79. The van der Waals surface area contributed by atoms with Gasteiger partial charge < -0.3 is 5.73 Å². The monoisotopic (exact) mass is 371 g/mol. The first-order chi connectivity index (χ1) is 10.0. The van der Waals surface area contributed by atoms with E-state index in [1.54, 1.807) is 0 Å². The molecule has 2 N–H and O–H groups in total. The fourth-order valence-corrected chi connectivity index (χ4v) is 3.71. The molecule has 0 heterocycles. The number of hydrogen-bond acceptors (Lipinski definition) is 2. The zero-order valence-electron chi connectivity index (χ0n) is 11.5. The van der Waals surface area contributed by atoms with Gasteiger partial charge in [0.1, 0.15) is 11.6 Å². The van der Waals surface area contributed by atoms with E-state index in [9.17, 15) is 8.78 Å². The molecule has 2 unspecified atom stereocenters. The van der Waals surface area contributed by atoms with E-state index >= 15 is 0 Å². The molecule has 2 aromatic carbocycles. The van der Waals surface area contributed by atoms with Crippen LogP contribution in [0.4, 0.5) is 8.78 Å². The number of halogens is 3. The Balaban J connectivity index is 2.35. The van der Waals surface area contributed by atoms with Gasteiger partial charge >= 0.3 is 0 Å². The lowest BCUT2D eigenvalue weighted by Gasteiger charge is -2.23. The molecule has 0 saturated carbocycles. The van der Waals surface area contributed by atoms with Crippen molar-refractivity contribution in [1.29, 1.82) is 0 Å². The maximum Gasteiger partial charge on any atom is 0.136 e. The molecule has 0 aliphatic heterocycles. The number of benzene rings is 2. The highest BCUT2D eigenvalue weighted by Gasteiger charge is 2.22. The predicted molar refractivity (Wildman–Crippen MR) is 87.4 cm³/mol. The van der Waals surface area contributed by atoms with Gasteiger partial charge in [0.2, 0.25) is 0 Å². The molecule has 21 heavy (non-hydrogen) atoms. The Morgan fingerprint density at radius 1 is 1.19 bits per heavy atom. The average Bonchev–Trinajstić information content (AvgIpc) is 2.47.